The molecule has 0 aliphatic heterocycles. The Bertz CT molecular complexity index is 503. The van der Waals surface area contributed by atoms with E-state index in [0.29, 0.717) is 6.42 Å². The van der Waals surface area contributed by atoms with Gasteiger partial charge >= 0.3 is 11.9 Å². The maximum Gasteiger partial charge on any atom is 0.326 e. The highest BCUT2D eigenvalue weighted by Gasteiger charge is 2.23. The minimum atomic E-state index is -1.43. The van der Waals surface area contributed by atoms with Crippen molar-refractivity contribution in [2.75, 3.05) is 0 Å². The van der Waals surface area contributed by atoms with Crippen LogP contribution in [0.5, 0.6) is 0 Å². The van der Waals surface area contributed by atoms with Crippen LogP contribution in [-0.2, 0) is 14.4 Å². The summed E-state index contributed by atoms with van der Waals surface area (Å²) >= 11 is 0. The van der Waals surface area contributed by atoms with Gasteiger partial charge in [0.05, 0.1) is 6.42 Å². The van der Waals surface area contributed by atoms with Crippen LogP contribution in [0, 0.1) is 0 Å². The van der Waals surface area contributed by atoms with Gasteiger partial charge < -0.3 is 21.3 Å². The number of carbonyl (C=O) groups excluding carboxylic acids is 1. The summed E-state index contributed by atoms with van der Waals surface area (Å²) in [4.78, 5) is 33.0. The summed E-state index contributed by atoms with van der Waals surface area (Å²) in [5.74, 6) is -3.20. The fourth-order valence-corrected chi connectivity index (χ4v) is 1.79. The van der Waals surface area contributed by atoms with Gasteiger partial charge in [-0.3, -0.25) is 9.59 Å². The number of hydrogen-bond acceptors (Lipinski definition) is 4. The van der Waals surface area contributed by atoms with Crippen LogP contribution in [-0.4, -0.2) is 34.1 Å². The molecule has 1 aromatic rings. The molecular formula is C14H18N2O5. The van der Waals surface area contributed by atoms with Gasteiger partial charge in [-0.2, -0.15) is 0 Å². The number of nitrogens with two attached hydrogens (primary N) is 1. The quantitative estimate of drug-likeness (QED) is 0.552. The van der Waals surface area contributed by atoms with Crippen molar-refractivity contribution in [1.29, 1.82) is 0 Å². The van der Waals surface area contributed by atoms with E-state index in [1.165, 1.54) is 0 Å². The zero-order valence-corrected chi connectivity index (χ0v) is 11.4. The Hall–Kier alpha value is -2.41. The summed E-state index contributed by atoms with van der Waals surface area (Å²) in [6.07, 6.45) is -0.291. The van der Waals surface area contributed by atoms with Gasteiger partial charge in [-0.1, -0.05) is 30.3 Å². The van der Waals surface area contributed by atoms with Gasteiger partial charge in [0.25, 0.3) is 0 Å². The first-order chi connectivity index (χ1) is 9.90. The maximum atomic E-state index is 11.7. The Balaban J connectivity index is 2.46. The van der Waals surface area contributed by atoms with Crippen molar-refractivity contribution >= 4 is 17.8 Å². The van der Waals surface area contributed by atoms with Gasteiger partial charge in [-0.15, -0.1) is 0 Å². The molecule has 2 atom stereocenters. The zero-order valence-electron chi connectivity index (χ0n) is 11.4. The van der Waals surface area contributed by atoms with Crippen LogP contribution in [0.4, 0.5) is 0 Å². The van der Waals surface area contributed by atoms with Crippen molar-refractivity contribution in [2.24, 2.45) is 5.73 Å². The number of hydrogen-bond donors (Lipinski definition) is 4. The van der Waals surface area contributed by atoms with E-state index < -0.39 is 30.3 Å². The number of carboxylic acids is 2. The third-order valence-corrected chi connectivity index (χ3v) is 2.92. The van der Waals surface area contributed by atoms with Gasteiger partial charge in [-0.05, 0) is 12.0 Å². The molecule has 0 bridgehead atoms. The van der Waals surface area contributed by atoms with Crippen molar-refractivity contribution < 1.29 is 24.6 Å². The van der Waals surface area contributed by atoms with Crippen molar-refractivity contribution in [3.63, 3.8) is 0 Å². The van der Waals surface area contributed by atoms with Crippen molar-refractivity contribution in [1.82, 2.24) is 5.32 Å². The molecule has 7 heteroatoms. The van der Waals surface area contributed by atoms with Crippen LogP contribution in [0.1, 0.15) is 30.9 Å². The Morgan fingerprint density at radius 3 is 2.29 bits per heavy atom. The third kappa shape index (κ3) is 6.05. The monoisotopic (exact) mass is 294 g/mol. The first-order valence-electron chi connectivity index (χ1n) is 6.44. The Labute approximate surface area is 121 Å². The molecule has 0 radical (unpaired) electrons. The topological polar surface area (TPSA) is 130 Å². The van der Waals surface area contributed by atoms with Crippen LogP contribution in [0.2, 0.25) is 0 Å². The first-order valence-corrected chi connectivity index (χ1v) is 6.44. The van der Waals surface area contributed by atoms with Gasteiger partial charge in [-0.25, -0.2) is 4.79 Å². The second-order valence-electron chi connectivity index (χ2n) is 4.61. The van der Waals surface area contributed by atoms with Crippen LogP contribution in [0.15, 0.2) is 30.3 Å². The molecule has 0 saturated heterocycles. The molecule has 0 spiro atoms. The molecule has 21 heavy (non-hydrogen) atoms. The molecule has 0 aliphatic carbocycles. The summed E-state index contributed by atoms with van der Waals surface area (Å²) in [7, 11) is 0. The molecule has 0 saturated carbocycles. The largest absolute Gasteiger partial charge is 0.481 e. The highest BCUT2D eigenvalue weighted by molar-refractivity contribution is 5.86. The minimum Gasteiger partial charge on any atom is -0.481 e. The predicted octanol–water partition coefficient (Wildman–Crippen LogP) is 0.511. The second-order valence-corrected chi connectivity index (χ2v) is 4.61. The average Bonchev–Trinajstić information content (AvgIpc) is 2.44. The summed E-state index contributed by atoms with van der Waals surface area (Å²) in [5, 5.41) is 19.6. The fourth-order valence-electron chi connectivity index (χ4n) is 1.79. The predicted molar refractivity (Wildman–Crippen MR) is 74.4 cm³/mol. The van der Waals surface area contributed by atoms with Crippen LogP contribution in [0.25, 0.3) is 0 Å². The Morgan fingerprint density at radius 2 is 1.76 bits per heavy atom. The normalized spacial score (nSPS) is 13.2. The fraction of sp³-hybridized carbons (Fsp3) is 0.357. The standard InChI is InChI=1S/C14H18N2O5/c15-10(9-4-2-1-3-5-9)6-7-12(17)16-11(14(20)21)8-13(18)19/h1-5,10-11H,6-8,15H2,(H,16,17)(H,18,19)(H,20,21). The number of aliphatic carboxylic acids is 2. The number of benzene rings is 1. The molecule has 2 unspecified atom stereocenters. The van der Waals surface area contributed by atoms with Crippen molar-refractivity contribution in [3.8, 4) is 0 Å². The molecule has 0 heterocycles. The Kier molecular flexibility index (Phi) is 6.35. The number of rotatable bonds is 8. The molecule has 5 N–H and O–H groups in total. The van der Waals surface area contributed by atoms with E-state index in [1.54, 1.807) is 0 Å². The van der Waals surface area contributed by atoms with E-state index in [4.69, 9.17) is 15.9 Å². The van der Waals surface area contributed by atoms with Gasteiger partial charge in [0.2, 0.25) is 5.91 Å². The lowest BCUT2D eigenvalue weighted by molar-refractivity contribution is -0.147. The van der Waals surface area contributed by atoms with Crippen LogP contribution >= 0.6 is 0 Å². The molecule has 0 fully saturated rings. The van der Waals surface area contributed by atoms with Crippen LogP contribution < -0.4 is 11.1 Å². The maximum absolute atomic E-state index is 11.7. The number of amides is 1. The average molecular weight is 294 g/mol. The molecule has 1 aromatic carbocycles. The molecule has 0 aliphatic rings. The summed E-state index contributed by atoms with van der Waals surface area (Å²) in [5.41, 5.74) is 6.80. The minimum absolute atomic E-state index is 0.0272. The van der Waals surface area contributed by atoms with Crippen LogP contribution in [0.3, 0.4) is 0 Å². The highest BCUT2D eigenvalue weighted by Crippen LogP contribution is 2.14. The first kappa shape index (κ1) is 16.6. The summed E-state index contributed by atoms with van der Waals surface area (Å²) < 4.78 is 0. The van der Waals surface area contributed by atoms with E-state index in [1.807, 2.05) is 30.3 Å². The lowest BCUT2D eigenvalue weighted by Crippen LogP contribution is -2.42. The zero-order chi connectivity index (χ0) is 15.8. The van der Waals surface area contributed by atoms with E-state index in [-0.39, 0.29) is 12.5 Å². The molecule has 7 nitrogen and oxygen atoms in total. The van der Waals surface area contributed by atoms with Crippen molar-refractivity contribution in [2.45, 2.75) is 31.3 Å². The lowest BCUT2D eigenvalue weighted by atomic mass is 10.0. The van der Waals surface area contributed by atoms with E-state index in [2.05, 4.69) is 5.32 Å². The molecule has 1 rings (SSSR count). The summed E-state index contributed by atoms with van der Waals surface area (Å²) in [6, 6.07) is 7.44. The molecule has 114 valence electrons. The van der Waals surface area contributed by atoms with Gasteiger partial charge in [0.15, 0.2) is 0 Å². The lowest BCUT2D eigenvalue weighted by Gasteiger charge is -2.14. The van der Waals surface area contributed by atoms with E-state index >= 15 is 0 Å². The number of carboxylic acid groups (broad SMARTS) is 2. The molecule has 0 aromatic heterocycles. The SMILES string of the molecule is NC(CCC(=O)NC(CC(=O)O)C(=O)O)c1ccccc1. The smallest absolute Gasteiger partial charge is 0.326 e. The van der Waals surface area contributed by atoms with E-state index in [0.717, 1.165) is 5.56 Å². The Morgan fingerprint density at radius 1 is 1.14 bits per heavy atom. The molecular weight excluding hydrogens is 276 g/mol. The number of nitrogens with one attached hydrogen (secondary N) is 1. The van der Waals surface area contributed by atoms with E-state index in [9.17, 15) is 14.4 Å². The van der Waals surface area contributed by atoms with Gasteiger partial charge in [0, 0.05) is 12.5 Å². The van der Waals surface area contributed by atoms with Crippen molar-refractivity contribution in [3.05, 3.63) is 35.9 Å². The highest BCUT2D eigenvalue weighted by atomic mass is 16.4. The third-order valence-electron chi connectivity index (χ3n) is 2.92. The molecule has 1 amide bonds. The summed E-state index contributed by atoms with van der Waals surface area (Å²) in [6.45, 7) is 0. The second kappa shape index (κ2) is 8.01. The van der Waals surface area contributed by atoms with Gasteiger partial charge in [0.1, 0.15) is 6.04 Å². The number of carbonyl (C=O) groups is 3.